The summed E-state index contributed by atoms with van der Waals surface area (Å²) in [6.07, 6.45) is 1.76. The molecule has 0 atom stereocenters. The largest absolute Gasteiger partial charge is 0.356 e. The minimum Gasteiger partial charge on any atom is -0.356 e. The molecule has 5 nitrogen and oxygen atoms in total. The predicted molar refractivity (Wildman–Crippen MR) is 92.4 cm³/mol. The van der Waals surface area contributed by atoms with Gasteiger partial charge in [-0.1, -0.05) is 18.2 Å². The predicted octanol–water partition coefficient (Wildman–Crippen LogP) is 2.91. The fourth-order valence-electron chi connectivity index (χ4n) is 2.99. The molecule has 0 amide bonds. The second-order valence-electron chi connectivity index (χ2n) is 6.28. The Morgan fingerprint density at radius 3 is 2.62 bits per heavy atom. The first-order valence-electron chi connectivity index (χ1n) is 7.99. The summed E-state index contributed by atoms with van der Waals surface area (Å²) in [5.74, 6) is 0.850. The first kappa shape index (κ1) is 17.1. The molecular formula is C17H21FN2O3S. The lowest BCUT2D eigenvalue weighted by atomic mass is 9.90. The Hall–Kier alpha value is -1.73. The van der Waals surface area contributed by atoms with Gasteiger partial charge in [-0.2, -0.15) is 8.42 Å². The molecule has 0 radical (unpaired) electrons. The fraction of sp³-hybridized carbons (Fsp3) is 0.471. The van der Waals surface area contributed by atoms with Gasteiger partial charge < -0.3 is 4.90 Å². The maximum Gasteiger partial charge on any atom is 0.264 e. The van der Waals surface area contributed by atoms with Crippen molar-refractivity contribution in [1.82, 2.24) is 4.98 Å². The molecule has 1 fully saturated rings. The van der Waals surface area contributed by atoms with Crippen LogP contribution in [-0.2, 0) is 14.3 Å². The maximum atomic E-state index is 14.8. The number of nitrogens with zero attached hydrogens (tertiary/aromatic N) is 2. The number of hydrogen-bond donors (Lipinski definition) is 0. The van der Waals surface area contributed by atoms with Gasteiger partial charge in [0, 0.05) is 24.9 Å². The normalized spacial score (nSPS) is 18.0. The zero-order valence-corrected chi connectivity index (χ0v) is 14.4. The van der Waals surface area contributed by atoms with Gasteiger partial charge in [0.15, 0.2) is 0 Å². The van der Waals surface area contributed by atoms with E-state index in [1.54, 1.807) is 0 Å². The van der Waals surface area contributed by atoms with Crippen molar-refractivity contribution in [2.24, 2.45) is 0 Å². The van der Waals surface area contributed by atoms with Crippen molar-refractivity contribution in [3.8, 4) is 0 Å². The fourth-order valence-corrected chi connectivity index (χ4v) is 3.38. The molecule has 7 heteroatoms. The molecule has 3 rings (SSSR count). The van der Waals surface area contributed by atoms with E-state index in [4.69, 9.17) is 0 Å². The van der Waals surface area contributed by atoms with Crippen molar-refractivity contribution in [3.63, 3.8) is 0 Å². The molecule has 1 aromatic heterocycles. The summed E-state index contributed by atoms with van der Waals surface area (Å²) < 4.78 is 41.4. The molecule has 130 valence electrons. The van der Waals surface area contributed by atoms with E-state index < -0.39 is 15.8 Å². The zero-order chi connectivity index (χ0) is 17.2. The first-order valence-corrected chi connectivity index (χ1v) is 9.80. The molecule has 1 aromatic carbocycles. The Kier molecular flexibility index (Phi) is 4.73. The average molecular weight is 352 g/mol. The van der Waals surface area contributed by atoms with E-state index in [-0.39, 0.29) is 13.0 Å². The SMILES string of the molecule is CS(=O)(=O)OCCC1(F)CCN(c2ccc3ccccc3n2)CC1. The molecule has 24 heavy (non-hydrogen) atoms. The van der Waals surface area contributed by atoms with Crippen molar-refractivity contribution in [2.75, 3.05) is 30.9 Å². The minimum atomic E-state index is -3.51. The van der Waals surface area contributed by atoms with Gasteiger partial charge in [-0.3, -0.25) is 4.18 Å². The van der Waals surface area contributed by atoms with E-state index in [1.807, 2.05) is 36.4 Å². The van der Waals surface area contributed by atoms with Gasteiger partial charge in [0.2, 0.25) is 0 Å². The molecule has 1 saturated heterocycles. The summed E-state index contributed by atoms with van der Waals surface area (Å²) in [7, 11) is -3.51. The number of alkyl halides is 1. The van der Waals surface area contributed by atoms with Crippen molar-refractivity contribution >= 4 is 26.8 Å². The molecule has 0 aliphatic carbocycles. The van der Waals surface area contributed by atoms with Gasteiger partial charge in [0.25, 0.3) is 10.1 Å². The summed E-state index contributed by atoms with van der Waals surface area (Å²) >= 11 is 0. The van der Waals surface area contributed by atoms with E-state index in [0.717, 1.165) is 23.0 Å². The average Bonchev–Trinajstić information content (AvgIpc) is 2.54. The maximum absolute atomic E-state index is 14.8. The Balaban J connectivity index is 1.61. The smallest absolute Gasteiger partial charge is 0.264 e. The van der Waals surface area contributed by atoms with Crippen LogP contribution >= 0.6 is 0 Å². The van der Waals surface area contributed by atoms with Gasteiger partial charge in [-0.25, -0.2) is 9.37 Å². The number of piperidine rings is 1. The highest BCUT2D eigenvalue weighted by Crippen LogP contribution is 2.32. The molecule has 1 aliphatic rings. The van der Waals surface area contributed by atoms with Crippen LogP contribution in [-0.4, -0.2) is 45.0 Å². The van der Waals surface area contributed by atoms with Crippen LogP contribution in [0.15, 0.2) is 36.4 Å². The van der Waals surface area contributed by atoms with Crippen LogP contribution in [0.25, 0.3) is 10.9 Å². The van der Waals surface area contributed by atoms with Gasteiger partial charge >= 0.3 is 0 Å². The minimum absolute atomic E-state index is 0.0963. The number of para-hydroxylation sites is 1. The van der Waals surface area contributed by atoms with Gasteiger partial charge in [0.1, 0.15) is 11.5 Å². The zero-order valence-electron chi connectivity index (χ0n) is 13.6. The highest BCUT2D eigenvalue weighted by Gasteiger charge is 2.35. The summed E-state index contributed by atoms with van der Waals surface area (Å²) in [5, 5.41) is 1.08. The number of rotatable bonds is 5. The second-order valence-corrected chi connectivity index (χ2v) is 7.92. The molecule has 0 unspecified atom stereocenters. The molecule has 0 spiro atoms. The van der Waals surface area contributed by atoms with Gasteiger partial charge in [-0.05, 0) is 31.0 Å². The summed E-state index contributed by atoms with van der Waals surface area (Å²) in [6.45, 7) is 1.00. The van der Waals surface area contributed by atoms with E-state index >= 15 is 0 Å². The number of benzene rings is 1. The molecule has 0 saturated carbocycles. The third-order valence-electron chi connectivity index (χ3n) is 4.41. The Labute approximate surface area is 141 Å². The Bertz CT molecular complexity index is 817. The lowest BCUT2D eigenvalue weighted by molar-refractivity contribution is 0.0933. The molecule has 0 N–H and O–H groups in total. The third kappa shape index (κ3) is 4.21. The van der Waals surface area contributed by atoms with Crippen LogP contribution in [0.4, 0.5) is 10.2 Å². The van der Waals surface area contributed by atoms with Crippen molar-refractivity contribution in [1.29, 1.82) is 0 Å². The molecule has 0 bridgehead atoms. The molecule has 2 aromatic rings. The number of aromatic nitrogens is 1. The van der Waals surface area contributed by atoms with E-state index in [1.165, 1.54) is 0 Å². The number of fused-ring (bicyclic) bond motifs is 1. The van der Waals surface area contributed by atoms with Crippen LogP contribution in [0, 0.1) is 0 Å². The lowest BCUT2D eigenvalue weighted by Crippen LogP contribution is -2.42. The van der Waals surface area contributed by atoms with Crippen LogP contribution in [0.2, 0.25) is 0 Å². The summed E-state index contributed by atoms with van der Waals surface area (Å²) in [4.78, 5) is 6.71. The number of pyridine rings is 1. The molecular weight excluding hydrogens is 331 g/mol. The quantitative estimate of drug-likeness (QED) is 0.775. The number of halogens is 1. The van der Waals surface area contributed by atoms with Crippen LogP contribution in [0.1, 0.15) is 19.3 Å². The standard InChI is InChI=1S/C17H21FN2O3S/c1-24(21,22)23-13-10-17(18)8-11-20(12-9-17)16-7-6-14-4-2-3-5-15(14)19-16/h2-7H,8-13H2,1H3. The van der Waals surface area contributed by atoms with Crippen LogP contribution in [0.3, 0.4) is 0 Å². The van der Waals surface area contributed by atoms with E-state index in [9.17, 15) is 12.8 Å². The highest BCUT2D eigenvalue weighted by atomic mass is 32.2. The topological polar surface area (TPSA) is 59.5 Å². The first-order chi connectivity index (χ1) is 11.3. The van der Waals surface area contributed by atoms with Crippen LogP contribution < -0.4 is 4.90 Å². The molecule has 1 aliphatic heterocycles. The Morgan fingerprint density at radius 2 is 1.92 bits per heavy atom. The molecule has 2 heterocycles. The van der Waals surface area contributed by atoms with Gasteiger partial charge in [-0.15, -0.1) is 0 Å². The van der Waals surface area contributed by atoms with Crippen molar-refractivity contribution < 1.29 is 17.0 Å². The second kappa shape index (κ2) is 6.64. The highest BCUT2D eigenvalue weighted by molar-refractivity contribution is 7.85. The van der Waals surface area contributed by atoms with E-state index in [0.29, 0.717) is 25.9 Å². The third-order valence-corrected chi connectivity index (χ3v) is 5.01. The van der Waals surface area contributed by atoms with Crippen LogP contribution in [0.5, 0.6) is 0 Å². The van der Waals surface area contributed by atoms with E-state index in [2.05, 4.69) is 14.1 Å². The van der Waals surface area contributed by atoms with Crippen molar-refractivity contribution in [3.05, 3.63) is 36.4 Å². The monoisotopic (exact) mass is 352 g/mol. The Morgan fingerprint density at radius 1 is 1.21 bits per heavy atom. The lowest BCUT2D eigenvalue weighted by Gasteiger charge is -2.37. The summed E-state index contributed by atoms with van der Waals surface area (Å²) in [6, 6.07) is 11.9. The number of anilines is 1. The van der Waals surface area contributed by atoms with Gasteiger partial charge in [0.05, 0.1) is 18.4 Å². The number of hydrogen-bond acceptors (Lipinski definition) is 5. The summed E-state index contributed by atoms with van der Waals surface area (Å²) in [5.41, 5.74) is -0.452. The van der Waals surface area contributed by atoms with Crippen molar-refractivity contribution in [2.45, 2.75) is 24.9 Å².